The number of aromatic nitrogens is 2. The fourth-order valence-corrected chi connectivity index (χ4v) is 2.03. The van der Waals surface area contributed by atoms with Crippen molar-refractivity contribution in [1.82, 2.24) is 9.97 Å². The van der Waals surface area contributed by atoms with Crippen LogP contribution in [-0.2, 0) is 0 Å². The SMILES string of the molecule is CC(C)C(c1ccncn1)C(C)Cl. The topological polar surface area (TPSA) is 25.8 Å². The molecule has 0 aliphatic heterocycles. The van der Waals surface area contributed by atoms with E-state index >= 15 is 0 Å². The molecule has 0 fully saturated rings. The van der Waals surface area contributed by atoms with Crippen LogP contribution in [0.5, 0.6) is 0 Å². The first kappa shape index (κ1) is 10.5. The van der Waals surface area contributed by atoms with E-state index in [-0.39, 0.29) is 5.38 Å². The van der Waals surface area contributed by atoms with Gasteiger partial charge in [0.15, 0.2) is 0 Å². The van der Waals surface area contributed by atoms with E-state index in [2.05, 4.69) is 23.8 Å². The Kier molecular flexibility index (Phi) is 3.67. The molecule has 0 saturated heterocycles. The van der Waals surface area contributed by atoms with Crippen LogP contribution in [0.25, 0.3) is 0 Å². The molecule has 0 amide bonds. The molecular formula is C10H15ClN2. The van der Waals surface area contributed by atoms with E-state index < -0.39 is 0 Å². The van der Waals surface area contributed by atoms with Crippen LogP contribution < -0.4 is 0 Å². The van der Waals surface area contributed by atoms with Crippen LogP contribution in [0.1, 0.15) is 32.4 Å². The number of nitrogens with zero attached hydrogens (tertiary/aromatic N) is 2. The Hall–Kier alpha value is -0.630. The van der Waals surface area contributed by atoms with Crippen LogP contribution in [0.15, 0.2) is 18.6 Å². The van der Waals surface area contributed by atoms with Gasteiger partial charge in [0.05, 0.1) is 0 Å². The molecule has 0 radical (unpaired) electrons. The standard InChI is InChI=1S/C10H15ClN2/c1-7(2)10(8(3)11)9-4-5-12-6-13-9/h4-8,10H,1-3H3. The van der Waals surface area contributed by atoms with Gasteiger partial charge in [-0.25, -0.2) is 9.97 Å². The minimum Gasteiger partial charge on any atom is -0.245 e. The minimum atomic E-state index is 0.106. The highest BCUT2D eigenvalue weighted by Gasteiger charge is 2.21. The molecule has 0 aliphatic rings. The summed E-state index contributed by atoms with van der Waals surface area (Å²) >= 11 is 6.11. The van der Waals surface area contributed by atoms with Crippen LogP contribution in [-0.4, -0.2) is 15.3 Å². The predicted molar refractivity (Wildman–Crippen MR) is 54.9 cm³/mol. The highest BCUT2D eigenvalue weighted by atomic mass is 35.5. The molecule has 0 saturated carbocycles. The van der Waals surface area contributed by atoms with E-state index in [0.717, 1.165) is 5.69 Å². The van der Waals surface area contributed by atoms with Crippen LogP contribution >= 0.6 is 11.6 Å². The van der Waals surface area contributed by atoms with E-state index in [1.54, 1.807) is 12.5 Å². The first-order chi connectivity index (χ1) is 6.13. The van der Waals surface area contributed by atoms with Gasteiger partial charge in [-0.3, -0.25) is 0 Å². The van der Waals surface area contributed by atoms with Gasteiger partial charge in [0.2, 0.25) is 0 Å². The van der Waals surface area contributed by atoms with Gasteiger partial charge >= 0.3 is 0 Å². The van der Waals surface area contributed by atoms with Crippen molar-refractivity contribution in [3.8, 4) is 0 Å². The molecule has 2 atom stereocenters. The summed E-state index contributed by atoms with van der Waals surface area (Å²) in [6, 6.07) is 1.93. The third-order valence-corrected chi connectivity index (χ3v) is 2.43. The fraction of sp³-hybridized carbons (Fsp3) is 0.600. The first-order valence-corrected chi connectivity index (χ1v) is 4.96. The largest absolute Gasteiger partial charge is 0.245 e. The van der Waals surface area contributed by atoms with Gasteiger partial charge in [0.1, 0.15) is 6.33 Å². The summed E-state index contributed by atoms with van der Waals surface area (Å²) in [6.45, 7) is 6.33. The number of rotatable bonds is 3. The summed E-state index contributed by atoms with van der Waals surface area (Å²) in [5.74, 6) is 0.812. The van der Waals surface area contributed by atoms with Crippen LogP contribution in [0.4, 0.5) is 0 Å². The summed E-state index contributed by atoms with van der Waals surface area (Å²) < 4.78 is 0. The average molecular weight is 199 g/mol. The molecule has 2 nitrogen and oxygen atoms in total. The number of hydrogen-bond acceptors (Lipinski definition) is 2. The second kappa shape index (κ2) is 4.56. The lowest BCUT2D eigenvalue weighted by Gasteiger charge is -2.22. The van der Waals surface area contributed by atoms with Crippen molar-refractivity contribution in [2.75, 3.05) is 0 Å². The molecule has 0 bridgehead atoms. The molecule has 72 valence electrons. The molecule has 13 heavy (non-hydrogen) atoms. The van der Waals surface area contributed by atoms with Gasteiger partial charge in [0.25, 0.3) is 0 Å². The third-order valence-electron chi connectivity index (χ3n) is 2.16. The molecule has 0 aliphatic carbocycles. The van der Waals surface area contributed by atoms with Crippen molar-refractivity contribution >= 4 is 11.6 Å². The van der Waals surface area contributed by atoms with Crippen molar-refractivity contribution in [2.45, 2.75) is 32.1 Å². The second-order valence-corrected chi connectivity index (χ2v) is 4.27. The molecule has 1 rings (SSSR count). The molecule has 0 spiro atoms. The van der Waals surface area contributed by atoms with Gasteiger partial charge in [-0.05, 0) is 18.9 Å². The van der Waals surface area contributed by atoms with Crippen molar-refractivity contribution in [3.63, 3.8) is 0 Å². The molecule has 0 N–H and O–H groups in total. The molecule has 1 heterocycles. The van der Waals surface area contributed by atoms with E-state index in [0.29, 0.717) is 11.8 Å². The van der Waals surface area contributed by atoms with E-state index in [9.17, 15) is 0 Å². The summed E-state index contributed by atoms with van der Waals surface area (Å²) in [5, 5.41) is 0.106. The summed E-state index contributed by atoms with van der Waals surface area (Å²) in [7, 11) is 0. The van der Waals surface area contributed by atoms with Gasteiger partial charge in [-0.1, -0.05) is 13.8 Å². The van der Waals surface area contributed by atoms with E-state index in [1.807, 2.05) is 13.0 Å². The molecule has 3 heteroatoms. The van der Waals surface area contributed by atoms with Crippen LogP contribution in [0.2, 0.25) is 0 Å². The Balaban J connectivity index is 2.89. The lowest BCUT2D eigenvalue weighted by atomic mass is 9.90. The third kappa shape index (κ3) is 2.66. The normalized spacial score (nSPS) is 15.8. The maximum Gasteiger partial charge on any atom is 0.115 e. The second-order valence-electron chi connectivity index (χ2n) is 3.58. The highest BCUT2D eigenvalue weighted by molar-refractivity contribution is 6.20. The maximum atomic E-state index is 6.11. The fourth-order valence-electron chi connectivity index (χ4n) is 1.61. The molecule has 1 aromatic heterocycles. The quantitative estimate of drug-likeness (QED) is 0.699. The van der Waals surface area contributed by atoms with Crippen molar-refractivity contribution in [2.24, 2.45) is 5.92 Å². The zero-order valence-electron chi connectivity index (χ0n) is 8.24. The Bertz CT molecular complexity index is 238. The molecule has 0 aromatic carbocycles. The van der Waals surface area contributed by atoms with E-state index in [1.165, 1.54) is 0 Å². The minimum absolute atomic E-state index is 0.106. The summed E-state index contributed by atoms with van der Waals surface area (Å²) in [4.78, 5) is 8.12. The zero-order valence-corrected chi connectivity index (χ0v) is 8.99. The van der Waals surface area contributed by atoms with Crippen molar-refractivity contribution in [1.29, 1.82) is 0 Å². The average Bonchev–Trinajstić information content (AvgIpc) is 2.04. The Morgan fingerprint density at radius 1 is 1.31 bits per heavy atom. The summed E-state index contributed by atoms with van der Waals surface area (Å²) in [6.07, 6.45) is 3.33. The van der Waals surface area contributed by atoms with Crippen LogP contribution in [0, 0.1) is 5.92 Å². The molecule has 2 unspecified atom stereocenters. The van der Waals surface area contributed by atoms with Gasteiger partial charge in [0, 0.05) is 23.2 Å². The molecular weight excluding hydrogens is 184 g/mol. The Morgan fingerprint density at radius 3 is 2.38 bits per heavy atom. The molecule has 1 aromatic rings. The van der Waals surface area contributed by atoms with E-state index in [4.69, 9.17) is 11.6 Å². The Labute approximate surface area is 84.4 Å². The van der Waals surface area contributed by atoms with Crippen molar-refractivity contribution < 1.29 is 0 Å². The number of hydrogen-bond donors (Lipinski definition) is 0. The summed E-state index contributed by atoms with van der Waals surface area (Å²) in [5.41, 5.74) is 1.03. The first-order valence-electron chi connectivity index (χ1n) is 4.53. The smallest absolute Gasteiger partial charge is 0.115 e. The lowest BCUT2D eigenvalue weighted by molar-refractivity contribution is 0.479. The zero-order chi connectivity index (χ0) is 9.84. The van der Waals surface area contributed by atoms with Crippen LogP contribution in [0.3, 0.4) is 0 Å². The van der Waals surface area contributed by atoms with Crippen molar-refractivity contribution in [3.05, 3.63) is 24.3 Å². The highest BCUT2D eigenvalue weighted by Crippen LogP contribution is 2.28. The lowest BCUT2D eigenvalue weighted by Crippen LogP contribution is -2.17. The maximum absolute atomic E-state index is 6.11. The Morgan fingerprint density at radius 2 is 2.00 bits per heavy atom. The monoisotopic (exact) mass is 198 g/mol. The van der Waals surface area contributed by atoms with Gasteiger partial charge in [-0.15, -0.1) is 11.6 Å². The number of halogens is 1. The number of alkyl halides is 1. The predicted octanol–water partition coefficient (Wildman–Crippen LogP) is 2.84. The van der Waals surface area contributed by atoms with Gasteiger partial charge in [-0.2, -0.15) is 0 Å². The van der Waals surface area contributed by atoms with Gasteiger partial charge < -0.3 is 0 Å².